The SMILES string of the molecule is Cc1cc(-c2ccc3c(n2)N(C(=O)NC2CC2)[C@H]2CCN3C2)ccn1.Cc1cc(-c2ccc3c(n2)N[C@H]2CCN3C2)ccn1.NC1CC1. The fourth-order valence-corrected chi connectivity index (χ4v) is 6.87. The highest BCUT2D eigenvalue weighted by atomic mass is 16.2. The van der Waals surface area contributed by atoms with Crippen molar-refractivity contribution in [3.63, 3.8) is 0 Å². The number of aromatic nitrogens is 4. The average molecular weight is 645 g/mol. The molecular formula is C37H44N10O. The minimum atomic E-state index is 0.00542. The van der Waals surface area contributed by atoms with E-state index in [9.17, 15) is 4.79 Å². The highest BCUT2D eigenvalue weighted by molar-refractivity contribution is 5.97. The number of pyridine rings is 4. The summed E-state index contributed by atoms with van der Waals surface area (Å²) in [6.45, 7) is 8.12. The van der Waals surface area contributed by atoms with E-state index >= 15 is 0 Å². The second kappa shape index (κ2) is 12.7. The van der Waals surface area contributed by atoms with E-state index < -0.39 is 0 Å². The summed E-state index contributed by atoms with van der Waals surface area (Å²) in [6.07, 6.45) is 10.6. The van der Waals surface area contributed by atoms with E-state index in [1.54, 1.807) is 6.20 Å². The van der Waals surface area contributed by atoms with E-state index in [1.165, 1.54) is 24.9 Å². The molecule has 2 saturated carbocycles. The molecule has 4 N–H and O–H groups in total. The number of nitrogens with one attached hydrogen (secondary N) is 2. The van der Waals surface area contributed by atoms with Crippen LogP contribution in [0.2, 0.25) is 0 Å². The smallest absolute Gasteiger partial charge is 0.323 e. The molecule has 4 aromatic heterocycles. The topological polar surface area (TPSA) is 128 Å². The van der Waals surface area contributed by atoms with Crippen LogP contribution in [0.4, 0.5) is 27.8 Å². The lowest BCUT2D eigenvalue weighted by molar-refractivity contribution is 0.243. The molecule has 11 nitrogen and oxygen atoms in total. The van der Waals surface area contributed by atoms with Crippen LogP contribution in [-0.4, -0.2) is 76.3 Å². The Morgan fingerprint density at radius 1 is 0.792 bits per heavy atom. The van der Waals surface area contributed by atoms with E-state index in [-0.39, 0.29) is 12.1 Å². The summed E-state index contributed by atoms with van der Waals surface area (Å²) in [5.41, 5.74) is 13.6. The molecule has 4 aromatic rings. The number of carbonyl (C=O) groups is 1. The Morgan fingerprint density at radius 2 is 1.42 bits per heavy atom. The van der Waals surface area contributed by atoms with Crippen LogP contribution in [0.15, 0.2) is 60.9 Å². The van der Waals surface area contributed by atoms with Gasteiger partial charge in [0.25, 0.3) is 0 Å². The lowest BCUT2D eigenvalue weighted by atomic mass is 10.1. The number of hydrogen-bond donors (Lipinski definition) is 3. The van der Waals surface area contributed by atoms with Gasteiger partial charge in [-0.3, -0.25) is 14.9 Å². The maximum Gasteiger partial charge on any atom is 0.323 e. The Morgan fingerprint density at radius 3 is 2.06 bits per heavy atom. The van der Waals surface area contributed by atoms with Crippen molar-refractivity contribution in [3.8, 4) is 22.5 Å². The van der Waals surface area contributed by atoms with Crippen molar-refractivity contribution >= 4 is 29.0 Å². The molecule has 4 fully saturated rings. The maximum absolute atomic E-state index is 12.8. The lowest BCUT2D eigenvalue weighted by Gasteiger charge is -2.36. The number of nitrogens with two attached hydrogens (primary N) is 1. The molecule has 48 heavy (non-hydrogen) atoms. The standard InChI is InChI=1S/C19H21N5O.C15H16N4.C3H7N/c1-12-10-13(6-8-20-12)16-4-5-17-18(22-16)24(15-7-9-23(17)11-15)19(25)21-14-2-3-14;1-10-8-11(4-6-16-10)13-2-3-14-15(18-13)17-12-5-7-19(14)9-12;4-3-1-2-3/h4-6,8,10,14-15H,2-3,7,9,11H2,1H3,(H,21,25);2-4,6,8,12H,5,7,9H2,1H3,(H,17,18);3H,1-2,4H2/t15-;12-;/m00./s1. The third kappa shape index (κ3) is 6.51. The molecule has 6 aliphatic rings. The summed E-state index contributed by atoms with van der Waals surface area (Å²) >= 11 is 0. The zero-order valence-electron chi connectivity index (χ0n) is 27.8. The van der Waals surface area contributed by atoms with Crippen LogP contribution < -0.4 is 31.1 Å². The van der Waals surface area contributed by atoms with Crippen molar-refractivity contribution in [3.05, 3.63) is 72.3 Å². The second-order valence-corrected chi connectivity index (χ2v) is 13.9. The summed E-state index contributed by atoms with van der Waals surface area (Å²) in [6, 6.07) is 18.2. The zero-order valence-corrected chi connectivity index (χ0v) is 27.8. The lowest BCUT2D eigenvalue weighted by Crippen LogP contribution is -2.51. The minimum absolute atomic E-state index is 0.00542. The Kier molecular flexibility index (Phi) is 8.07. The van der Waals surface area contributed by atoms with Crippen molar-refractivity contribution in [2.75, 3.05) is 46.2 Å². The van der Waals surface area contributed by atoms with Crippen LogP contribution in [-0.2, 0) is 0 Å². The van der Waals surface area contributed by atoms with E-state index in [0.717, 1.165) is 96.7 Å². The van der Waals surface area contributed by atoms with Crippen LogP contribution in [0.1, 0.15) is 49.9 Å². The molecule has 11 heteroatoms. The first-order valence-corrected chi connectivity index (χ1v) is 17.4. The molecule has 0 unspecified atom stereocenters. The number of rotatable bonds is 3. The van der Waals surface area contributed by atoms with Gasteiger partial charge in [-0.2, -0.15) is 0 Å². The van der Waals surface area contributed by atoms with Crippen molar-refractivity contribution < 1.29 is 4.79 Å². The van der Waals surface area contributed by atoms with Crippen LogP contribution >= 0.6 is 0 Å². The van der Waals surface area contributed by atoms with Crippen molar-refractivity contribution in [2.45, 2.75) is 76.5 Å². The molecule has 8 heterocycles. The highest BCUT2D eigenvalue weighted by Crippen LogP contribution is 2.40. The van der Waals surface area contributed by atoms with E-state index in [4.69, 9.17) is 15.7 Å². The van der Waals surface area contributed by atoms with Gasteiger partial charge in [0.15, 0.2) is 11.6 Å². The van der Waals surface area contributed by atoms with Gasteiger partial charge in [-0.15, -0.1) is 0 Å². The summed E-state index contributed by atoms with van der Waals surface area (Å²) < 4.78 is 0. The number of nitrogens with zero attached hydrogens (tertiary/aromatic N) is 7. The predicted molar refractivity (Wildman–Crippen MR) is 191 cm³/mol. The average Bonchev–Trinajstić information content (AvgIpc) is 4.01. The minimum Gasteiger partial charge on any atom is -0.366 e. The predicted octanol–water partition coefficient (Wildman–Crippen LogP) is 5.29. The summed E-state index contributed by atoms with van der Waals surface area (Å²) in [5, 5.41) is 6.68. The summed E-state index contributed by atoms with van der Waals surface area (Å²) in [7, 11) is 0. The number of hydrogen-bond acceptors (Lipinski definition) is 9. The molecule has 248 valence electrons. The number of fused-ring (bicyclic) bond motifs is 8. The Labute approximate surface area is 282 Å². The van der Waals surface area contributed by atoms with Gasteiger partial charge in [0.05, 0.1) is 28.8 Å². The first kappa shape index (κ1) is 30.6. The molecule has 2 amide bonds. The maximum atomic E-state index is 12.8. The molecule has 0 aromatic carbocycles. The third-order valence-corrected chi connectivity index (χ3v) is 9.83. The Balaban J connectivity index is 0.000000129. The molecule has 4 bridgehead atoms. The van der Waals surface area contributed by atoms with Gasteiger partial charge in [-0.05, 0) is 101 Å². The van der Waals surface area contributed by atoms with Crippen molar-refractivity contribution in [1.82, 2.24) is 25.3 Å². The molecule has 2 aliphatic carbocycles. The largest absolute Gasteiger partial charge is 0.366 e. The number of anilines is 4. The van der Waals surface area contributed by atoms with Gasteiger partial charge in [-0.1, -0.05) is 0 Å². The number of urea groups is 1. The molecule has 4 aliphatic heterocycles. The van der Waals surface area contributed by atoms with Crippen molar-refractivity contribution in [1.29, 1.82) is 0 Å². The van der Waals surface area contributed by atoms with Gasteiger partial charge in [0, 0.05) is 79.2 Å². The fraction of sp³-hybridized carbons (Fsp3) is 0.432. The number of aryl methyl sites for hydroxylation is 2. The molecular weight excluding hydrogens is 600 g/mol. The van der Waals surface area contributed by atoms with Crippen LogP contribution in [0.25, 0.3) is 22.5 Å². The molecule has 0 spiro atoms. The monoisotopic (exact) mass is 644 g/mol. The first-order valence-electron chi connectivity index (χ1n) is 17.4. The number of carbonyl (C=O) groups excluding carboxylic acids is 1. The third-order valence-electron chi connectivity index (χ3n) is 9.83. The Hall–Kier alpha value is -4.77. The summed E-state index contributed by atoms with van der Waals surface area (Å²) in [5.74, 6) is 1.82. The van der Waals surface area contributed by atoms with Crippen LogP contribution in [0.5, 0.6) is 0 Å². The van der Waals surface area contributed by atoms with E-state index in [2.05, 4.69) is 54.7 Å². The first-order chi connectivity index (χ1) is 23.4. The van der Waals surface area contributed by atoms with Crippen molar-refractivity contribution in [2.24, 2.45) is 5.73 Å². The quantitative estimate of drug-likeness (QED) is 0.273. The van der Waals surface area contributed by atoms with Gasteiger partial charge in [0.1, 0.15) is 0 Å². The van der Waals surface area contributed by atoms with E-state index in [1.807, 2.05) is 49.2 Å². The van der Waals surface area contributed by atoms with E-state index in [0.29, 0.717) is 18.1 Å². The molecule has 10 rings (SSSR count). The molecule has 2 atom stereocenters. The molecule has 2 saturated heterocycles. The van der Waals surface area contributed by atoms with Gasteiger partial charge < -0.3 is 26.2 Å². The fourth-order valence-electron chi connectivity index (χ4n) is 6.87. The molecule has 0 radical (unpaired) electrons. The normalized spacial score (nSPS) is 21.2. The second-order valence-electron chi connectivity index (χ2n) is 13.9. The van der Waals surface area contributed by atoms with Gasteiger partial charge in [-0.25, -0.2) is 14.8 Å². The highest BCUT2D eigenvalue weighted by Gasteiger charge is 2.41. The van der Waals surface area contributed by atoms with Gasteiger partial charge >= 0.3 is 6.03 Å². The number of amides is 2. The van der Waals surface area contributed by atoms with Gasteiger partial charge in [0.2, 0.25) is 0 Å². The summed E-state index contributed by atoms with van der Waals surface area (Å²) in [4.78, 5) is 37.7. The Bertz CT molecular complexity index is 1820. The zero-order chi connectivity index (χ0) is 32.8. The van der Waals surface area contributed by atoms with Crippen LogP contribution in [0.3, 0.4) is 0 Å². The van der Waals surface area contributed by atoms with Crippen LogP contribution in [0, 0.1) is 13.8 Å².